The molecule has 5 heteroatoms. The molecule has 1 fully saturated rings. The second-order valence-corrected chi connectivity index (χ2v) is 7.14. The summed E-state index contributed by atoms with van der Waals surface area (Å²) in [6.07, 6.45) is 7.88. The molecule has 3 rings (SSSR count). The Morgan fingerprint density at radius 3 is 2.69 bits per heavy atom. The number of hydrogen-bond donors (Lipinski definition) is 1. The quantitative estimate of drug-likeness (QED) is 0.652. The molecule has 1 aliphatic rings. The van der Waals surface area contributed by atoms with E-state index in [1.165, 1.54) is 32.1 Å². The van der Waals surface area contributed by atoms with E-state index >= 15 is 0 Å². The fourth-order valence-electron chi connectivity index (χ4n) is 3.71. The number of rotatable bonds is 6. The molecule has 2 aromatic rings. The molecule has 0 amide bonds. The lowest BCUT2D eigenvalue weighted by atomic mass is 9.93. The molecule has 140 valence electrons. The summed E-state index contributed by atoms with van der Waals surface area (Å²) in [5, 5.41) is 4.16. The number of nitrogens with one attached hydrogen (secondary N) is 1. The average molecular weight is 373 g/mol. The van der Waals surface area contributed by atoms with Gasteiger partial charge in [0.1, 0.15) is 11.5 Å². The normalized spacial score (nSPS) is 16.1. The Morgan fingerprint density at radius 2 is 2.00 bits per heavy atom. The number of thiocarbonyl (C=S) groups is 1. The molecule has 1 aliphatic carbocycles. The monoisotopic (exact) mass is 372 g/mol. The number of hydrogen-bond acceptors (Lipinski definition) is 3. The van der Waals surface area contributed by atoms with Crippen molar-refractivity contribution in [3.05, 3.63) is 48.4 Å². The molecule has 1 aromatic heterocycles. The third kappa shape index (κ3) is 4.39. The first-order valence-electron chi connectivity index (χ1n) is 9.55. The van der Waals surface area contributed by atoms with Crippen molar-refractivity contribution in [1.29, 1.82) is 0 Å². The summed E-state index contributed by atoms with van der Waals surface area (Å²) < 4.78 is 11.4. The molecule has 0 bridgehead atoms. The van der Waals surface area contributed by atoms with Gasteiger partial charge >= 0.3 is 0 Å². The van der Waals surface area contributed by atoms with Crippen molar-refractivity contribution in [3.63, 3.8) is 0 Å². The van der Waals surface area contributed by atoms with Crippen LogP contribution < -0.4 is 10.1 Å². The highest BCUT2D eigenvalue weighted by molar-refractivity contribution is 7.80. The maximum atomic E-state index is 5.85. The number of anilines is 1. The maximum Gasteiger partial charge on any atom is 0.174 e. The Bertz CT molecular complexity index is 696. The molecule has 1 heterocycles. The van der Waals surface area contributed by atoms with Gasteiger partial charge in [0.15, 0.2) is 5.11 Å². The van der Waals surface area contributed by atoms with Crippen molar-refractivity contribution in [2.75, 3.05) is 11.9 Å². The maximum absolute atomic E-state index is 5.85. The molecule has 1 aromatic carbocycles. The Morgan fingerprint density at radius 1 is 1.23 bits per heavy atom. The largest absolute Gasteiger partial charge is 0.492 e. The van der Waals surface area contributed by atoms with Gasteiger partial charge in [0.2, 0.25) is 0 Å². The van der Waals surface area contributed by atoms with E-state index in [1.54, 1.807) is 6.26 Å². The zero-order chi connectivity index (χ0) is 18.4. The molecule has 0 aliphatic heterocycles. The predicted molar refractivity (Wildman–Crippen MR) is 110 cm³/mol. The second kappa shape index (κ2) is 9.08. The summed E-state index contributed by atoms with van der Waals surface area (Å²) in [5.41, 5.74) is 0.909. The molecule has 1 atom stereocenters. The van der Waals surface area contributed by atoms with Gasteiger partial charge in [-0.3, -0.25) is 0 Å². The van der Waals surface area contributed by atoms with Crippen molar-refractivity contribution in [2.45, 2.75) is 58.0 Å². The van der Waals surface area contributed by atoms with Gasteiger partial charge in [-0.2, -0.15) is 0 Å². The Labute approximate surface area is 161 Å². The van der Waals surface area contributed by atoms with Crippen LogP contribution in [0.1, 0.15) is 57.8 Å². The predicted octanol–water partition coefficient (Wildman–Crippen LogP) is 5.77. The van der Waals surface area contributed by atoms with Crippen molar-refractivity contribution in [1.82, 2.24) is 4.90 Å². The number of benzene rings is 1. The van der Waals surface area contributed by atoms with Crippen LogP contribution in [0.4, 0.5) is 5.69 Å². The van der Waals surface area contributed by atoms with E-state index in [4.69, 9.17) is 21.4 Å². The summed E-state index contributed by atoms with van der Waals surface area (Å²) in [6.45, 7) is 4.78. The van der Waals surface area contributed by atoms with Crippen LogP contribution in [0.5, 0.6) is 5.75 Å². The third-order valence-corrected chi connectivity index (χ3v) is 5.32. The van der Waals surface area contributed by atoms with Crippen LogP contribution in [0.3, 0.4) is 0 Å². The Kier molecular flexibility index (Phi) is 6.56. The first kappa shape index (κ1) is 18.8. The number of para-hydroxylation sites is 2. The molecule has 0 saturated heterocycles. The van der Waals surface area contributed by atoms with Gasteiger partial charge in [-0.15, -0.1) is 0 Å². The molecule has 4 nitrogen and oxygen atoms in total. The highest BCUT2D eigenvalue weighted by Gasteiger charge is 2.29. The van der Waals surface area contributed by atoms with Gasteiger partial charge in [0, 0.05) is 6.04 Å². The molecule has 26 heavy (non-hydrogen) atoms. The smallest absolute Gasteiger partial charge is 0.174 e. The van der Waals surface area contributed by atoms with Crippen molar-refractivity contribution in [2.24, 2.45) is 0 Å². The van der Waals surface area contributed by atoms with Crippen LogP contribution in [-0.2, 0) is 0 Å². The van der Waals surface area contributed by atoms with Gasteiger partial charge in [-0.05, 0) is 63.2 Å². The molecule has 1 unspecified atom stereocenters. The van der Waals surface area contributed by atoms with Crippen LogP contribution in [0, 0.1) is 0 Å². The van der Waals surface area contributed by atoms with Crippen molar-refractivity contribution in [3.8, 4) is 5.75 Å². The minimum atomic E-state index is 0.0901. The van der Waals surface area contributed by atoms with Gasteiger partial charge in [-0.1, -0.05) is 31.4 Å². The fourth-order valence-corrected chi connectivity index (χ4v) is 4.13. The highest BCUT2D eigenvalue weighted by Crippen LogP contribution is 2.32. The zero-order valence-corrected chi connectivity index (χ0v) is 16.4. The van der Waals surface area contributed by atoms with Crippen LogP contribution in [-0.4, -0.2) is 22.7 Å². The van der Waals surface area contributed by atoms with E-state index in [-0.39, 0.29) is 6.04 Å². The lowest BCUT2D eigenvalue weighted by Gasteiger charge is -2.39. The molecule has 1 N–H and O–H groups in total. The van der Waals surface area contributed by atoms with Gasteiger partial charge in [-0.25, -0.2) is 0 Å². The van der Waals surface area contributed by atoms with Crippen LogP contribution in [0.25, 0.3) is 0 Å². The average Bonchev–Trinajstić information content (AvgIpc) is 3.19. The highest BCUT2D eigenvalue weighted by atomic mass is 32.1. The van der Waals surface area contributed by atoms with E-state index in [1.807, 2.05) is 43.3 Å². The molecule has 1 saturated carbocycles. The van der Waals surface area contributed by atoms with E-state index in [0.717, 1.165) is 22.3 Å². The molecular weight excluding hydrogens is 344 g/mol. The summed E-state index contributed by atoms with van der Waals surface area (Å²) in [7, 11) is 0. The molecule has 0 radical (unpaired) electrons. The van der Waals surface area contributed by atoms with E-state index < -0.39 is 0 Å². The summed E-state index contributed by atoms with van der Waals surface area (Å²) in [4.78, 5) is 2.32. The van der Waals surface area contributed by atoms with E-state index in [9.17, 15) is 0 Å². The van der Waals surface area contributed by atoms with E-state index in [2.05, 4.69) is 17.1 Å². The topological polar surface area (TPSA) is 37.6 Å². The summed E-state index contributed by atoms with van der Waals surface area (Å²) >= 11 is 5.85. The van der Waals surface area contributed by atoms with Crippen molar-refractivity contribution >= 4 is 23.0 Å². The Hall–Kier alpha value is -2.01. The van der Waals surface area contributed by atoms with Crippen molar-refractivity contribution < 1.29 is 9.15 Å². The van der Waals surface area contributed by atoms with E-state index in [0.29, 0.717) is 12.6 Å². The number of nitrogens with zero attached hydrogens (tertiary/aromatic N) is 1. The molecule has 0 spiro atoms. The standard InChI is InChI=1S/C21H28N2O2S/c1-3-24-20-13-8-7-12-18(20)22-21(26)23(17-10-5-4-6-11-17)16(2)19-14-9-15-25-19/h7-9,12-17H,3-6,10-11H2,1-2H3,(H,22,26). The first-order chi connectivity index (χ1) is 12.7. The minimum Gasteiger partial charge on any atom is -0.492 e. The van der Waals surface area contributed by atoms with Gasteiger partial charge < -0.3 is 19.4 Å². The Balaban J connectivity index is 1.82. The SMILES string of the molecule is CCOc1ccccc1NC(=S)N(C1CCCCC1)C(C)c1ccco1. The number of furan rings is 1. The van der Waals surface area contributed by atoms with Crippen LogP contribution in [0.15, 0.2) is 47.1 Å². The molecular formula is C21H28N2O2S. The van der Waals surface area contributed by atoms with Crippen LogP contribution in [0.2, 0.25) is 0 Å². The second-order valence-electron chi connectivity index (χ2n) is 6.75. The number of ether oxygens (including phenoxy) is 1. The zero-order valence-electron chi connectivity index (χ0n) is 15.6. The fraction of sp³-hybridized carbons (Fsp3) is 0.476. The lowest BCUT2D eigenvalue weighted by Crippen LogP contribution is -2.45. The van der Waals surface area contributed by atoms with Gasteiger partial charge in [0.05, 0.1) is 24.6 Å². The summed E-state index contributed by atoms with van der Waals surface area (Å²) in [6, 6.07) is 12.4. The first-order valence-corrected chi connectivity index (χ1v) is 9.96. The third-order valence-electron chi connectivity index (χ3n) is 5.00. The lowest BCUT2D eigenvalue weighted by molar-refractivity contribution is 0.186. The minimum absolute atomic E-state index is 0.0901. The van der Waals surface area contributed by atoms with Gasteiger partial charge in [0.25, 0.3) is 0 Å². The van der Waals surface area contributed by atoms with Crippen LogP contribution >= 0.6 is 12.2 Å². The summed E-state index contributed by atoms with van der Waals surface area (Å²) in [5.74, 6) is 1.77.